The lowest BCUT2D eigenvalue weighted by molar-refractivity contribution is 0.0898. The fourth-order valence-corrected chi connectivity index (χ4v) is 2.18. The molecular formula is C12H15N3O. The maximum atomic E-state index is 11.8. The van der Waals surface area contributed by atoms with Gasteiger partial charge in [-0.15, -0.1) is 0 Å². The van der Waals surface area contributed by atoms with Crippen molar-refractivity contribution in [3.05, 3.63) is 24.0 Å². The number of H-pyrrole nitrogens is 1. The summed E-state index contributed by atoms with van der Waals surface area (Å²) in [5, 5.41) is 12.1. The molecule has 0 aliphatic heterocycles. The van der Waals surface area contributed by atoms with Gasteiger partial charge in [-0.1, -0.05) is 19.3 Å². The smallest absolute Gasteiger partial charge is 0.268 e. The highest BCUT2D eigenvalue weighted by atomic mass is 16.2. The Bertz CT molecular complexity index is 396. The van der Waals surface area contributed by atoms with Crippen LogP contribution < -0.4 is 5.32 Å². The number of hydrogen-bond acceptors (Lipinski definition) is 2. The van der Waals surface area contributed by atoms with Crippen molar-refractivity contribution in [2.24, 2.45) is 0 Å². The molecule has 0 spiro atoms. The van der Waals surface area contributed by atoms with Crippen LogP contribution in [0.2, 0.25) is 0 Å². The number of carbonyl (C=O) groups is 1. The summed E-state index contributed by atoms with van der Waals surface area (Å²) in [4.78, 5) is 14.7. The van der Waals surface area contributed by atoms with Crippen LogP contribution in [0, 0.1) is 11.3 Å². The van der Waals surface area contributed by atoms with Crippen LogP contribution in [-0.2, 0) is 0 Å². The Hall–Kier alpha value is -1.76. The SMILES string of the molecule is N#CC1(NC(=O)c2ccc[nH]2)CCCCC1. The molecule has 2 N–H and O–H groups in total. The van der Waals surface area contributed by atoms with Crippen LogP contribution in [0.1, 0.15) is 42.6 Å². The highest BCUT2D eigenvalue weighted by Gasteiger charge is 2.33. The van der Waals surface area contributed by atoms with E-state index in [2.05, 4.69) is 16.4 Å². The molecule has 2 rings (SSSR count). The topological polar surface area (TPSA) is 68.7 Å². The Morgan fingerprint density at radius 2 is 2.19 bits per heavy atom. The average molecular weight is 217 g/mol. The van der Waals surface area contributed by atoms with Gasteiger partial charge >= 0.3 is 0 Å². The molecule has 0 radical (unpaired) electrons. The van der Waals surface area contributed by atoms with E-state index in [4.69, 9.17) is 0 Å². The molecule has 0 saturated heterocycles. The van der Waals surface area contributed by atoms with Gasteiger partial charge in [-0.05, 0) is 25.0 Å². The Labute approximate surface area is 94.7 Å². The van der Waals surface area contributed by atoms with Crippen molar-refractivity contribution in [1.82, 2.24) is 10.3 Å². The van der Waals surface area contributed by atoms with Gasteiger partial charge < -0.3 is 10.3 Å². The zero-order valence-corrected chi connectivity index (χ0v) is 9.12. The van der Waals surface area contributed by atoms with E-state index in [0.717, 1.165) is 32.1 Å². The molecule has 1 aromatic rings. The fourth-order valence-electron chi connectivity index (χ4n) is 2.18. The third kappa shape index (κ3) is 2.08. The molecule has 1 saturated carbocycles. The van der Waals surface area contributed by atoms with Gasteiger partial charge in [0, 0.05) is 6.20 Å². The average Bonchev–Trinajstić information content (AvgIpc) is 2.84. The van der Waals surface area contributed by atoms with Crippen molar-refractivity contribution < 1.29 is 4.79 Å². The Morgan fingerprint density at radius 3 is 2.75 bits per heavy atom. The molecule has 0 atom stereocenters. The number of aromatic amines is 1. The lowest BCUT2D eigenvalue weighted by atomic mass is 9.83. The normalized spacial score (nSPS) is 18.7. The molecule has 0 aromatic carbocycles. The van der Waals surface area contributed by atoms with Gasteiger partial charge in [0.25, 0.3) is 5.91 Å². The number of nitriles is 1. The largest absolute Gasteiger partial charge is 0.357 e. The summed E-state index contributed by atoms with van der Waals surface area (Å²) < 4.78 is 0. The highest BCUT2D eigenvalue weighted by molar-refractivity contribution is 5.93. The summed E-state index contributed by atoms with van der Waals surface area (Å²) in [5.41, 5.74) is -0.138. The maximum absolute atomic E-state index is 11.8. The molecule has 0 unspecified atom stereocenters. The van der Waals surface area contributed by atoms with Gasteiger partial charge in [-0.3, -0.25) is 4.79 Å². The zero-order valence-electron chi connectivity index (χ0n) is 9.12. The van der Waals surface area contributed by atoms with E-state index >= 15 is 0 Å². The second kappa shape index (κ2) is 4.40. The van der Waals surface area contributed by atoms with Crippen LogP contribution in [0.5, 0.6) is 0 Å². The molecule has 1 aliphatic rings. The van der Waals surface area contributed by atoms with Gasteiger partial charge in [0.05, 0.1) is 6.07 Å². The number of rotatable bonds is 2. The predicted octanol–water partition coefficient (Wildman–Crippen LogP) is 1.97. The first-order valence-corrected chi connectivity index (χ1v) is 5.63. The van der Waals surface area contributed by atoms with Gasteiger partial charge in [0.2, 0.25) is 0 Å². The maximum Gasteiger partial charge on any atom is 0.268 e. The second-order valence-electron chi connectivity index (χ2n) is 4.29. The summed E-state index contributed by atoms with van der Waals surface area (Å²) in [5.74, 6) is -0.187. The molecule has 1 aliphatic carbocycles. The monoisotopic (exact) mass is 217 g/mol. The molecule has 84 valence electrons. The number of aromatic nitrogens is 1. The molecule has 4 nitrogen and oxygen atoms in total. The summed E-state index contributed by atoms with van der Waals surface area (Å²) >= 11 is 0. The van der Waals surface area contributed by atoms with Gasteiger partial charge in [0.1, 0.15) is 11.2 Å². The predicted molar refractivity (Wildman–Crippen MR) is 59.7 cm³/mol. The van der Waals surface area contributed by atoms with E-state index in [1.54, 1.807) is 18.3 Å². The van der Waals surface area contributed by atoms with Gasteiger partial charge in [-0.2, -0.15) is 5.26 Å². The van der Waals surface area contributed by atoms with Crippen molar-refractivity contribution in [2.75, 3.05) is 0 Å². The van der Waals surface area contributed by atoms with E-state index in [0.29, 0.717) is 5.69 Å². The van der Waals surface area contributed by atoms with E-state index in [-0.39, 0.29) is 5.91 Å². The minimum atomic E-state index is -0.652. The van der Waals surface area contributed by atoms with Crippen molar-refractivity contribution >= 4 is 5.91 Å². The summed E-state index contributed by atoms with van der Waals surface area (Å²) in [6, 6.07) is 5.75. The number of amides is 1. The van der Waals surface area contributed by atoms with Crippen molar-refractivity contribution in [2.45, 2.75) is 37.6 Å². The molecule has 1 heterocycles. The first-order valence-electron chi connectivity index (χ1n) is 5.63. The van der Waals surface area contributed by atoms with E-state index in [1.807, 2.05) is 0 Å². The number of nitrogens with zero attached hydrogens (tertiary/aromatic N) is 1. The summed E-state index contributed by atoms with van der Waals surface area (Å²) in [7, 11) is 0. The quantitative estimate of drug-likeness (QED) is 0.795. The van der Waals surface area contributed by atoms with Crippen molar-refractivity contribution in [3.63, 3.8) is 0 Å². The number of carbonyl (C=O) groups excluding carboxylic acids is 1. The van der Waals surface area contributed by atoms with E-state index < -0.39 is 5.54 Å². The lowest BCUT2D eigenvalue weighted by Gasteiger charge is -2.31. The summed E-state index contributed by atoms with van der Waals surface area (Å²) in [6.07, 6.45) is 6.40. The van der Waals surface area contributed by atoms with Crippen LogP contribution in [0.15, 0.2) is 18.3 Å². The number of nitrogens with one attached hydrogen (secondary N) is 2. The van der Waals surface area contributed by atoms with Gasteiger partial charge in [-0.25, -0.2) is 0 Å². The Kier molecular flexibility index (Phi) is 2.95. The standard InChI is InChI=1S/C12H15N3O/c13-9-12(6-2-1-3-7-12)15-11(16)10-5-4-8-14-10/h4-5,8,14H,1-3,6-7H2,(H,15,16). The molecule has 1 aromatic heterocycles. The molecule has 4 heteroatoms. The molecule has 1 fully saturated rings. The minimum Gasteiger partial charge on any atom is -0.357 e. The first kappa shape index (κ1) is 10.7. The Balaban J connectivity index is 2.07. The highest BCUT2D eigenvalue weighted by Crippen LogP contribution is 2.27. The van der Waals surface area contributed by atoms with Crippen molar-refractivity contribution in [1.29, 1.82) is 5.26 Å². The minimum absolute atomic E-state index is 0.187. The second-order valence-corrected chi connectivity index (χ2v) is 4.29. The molecule has 0 bridgehead atoms. The van der Waals surface area contributed by atoms with Gasteiger partial charge in [0.15, 0.2) is 0 Å². The first-order chi connectivity index (χ1) is 7.76. The Morgan fingerprint density at radius 1 is 1.44 bits per heavy atom. The van der Waals surface area contributed by atoms with Crippen LogP contribution in [0.25, 0.3) is 0 Å². The third-order valence-corrected chi connectivity index (χ3v) is 3.12. The molecule has 16 heavy (non-hydrogen) atoms. The third-order valence-electron chi connectivity index (χ3n) is 3.12. The van der Waals surface area contributed by atoms with Crippen LogP contribution in [-0.4, -0.2) is 16.4 Å². The van der Waals surface area contributed by atoms with Crippen LogP contribution in [0.3, 0.4) is 0 Å². The van der Waals surface area contributed by atoms with Crippen molar-refractivity contribution in [3.8, 4) is 6.07 Å². The number of hydrogen-bond donors (Lipinski definition) is 2. The lowest BCUT2D eigenvalue weighted by Crippen LogP contribution is -2.48. The molecule has 1 amide bonds. The van der Waals surface area contributed by atoms with Crippen LogP contribution in [0.4, 0.5) is 0 Å². The van der Waals surface area contributed by atoms with E-state index in [1.165, 1.54) is 0 Å². The van der Waals surface area contributed by atoms with E-state index in [9.17, 15) is 10.1 Å². The zero-order chi connectivity index (χ0) is 11.4. The summed E-state index contributed by atoms with van der Waals surface area (Å²) in [6.45, 7) is 0. The molecular weight excluding hydrogens is 202 g/mol. The van der Waals surface area contributed by atoms with Crippen LogP contribution >= 0.6 is 0 Å². The fraction of sp³-hybridized carbons (Fsp3) is 0.500.